The Balaban J connectivity index is 1.71. The lowest BCUT2D eigenvalue weighted by Crippen LogP contribution is -2.55. The van der Waals surface area contributed by atoms with E-state index in [2.05, 4.69) is 5.32 Å². The topological polar surface area (TPSA) is 163 Å². The monoisotopic (exact) mass is 446 g/mol. The van der Waals surface area contributed by atoms with Crippen LogP contribution in [0.3, 0.4) is 0 Å². The van der Waals surface area contributed by atoms with E-state index < -0.39 is 33.9 Å². The smallest absolute Gasteiger partial charge is 0.259 e. The number of carbonyl (C=O) groups excluding carboxylic acids is 2. The molecule has 0 radical (unpaired) electrons. The highest BCUT2D eigenvalue weighted by Gasteiger charge is 2.39. The van der Waals surface area contributed by atoms with Crippen molar-refractivity contribution in [1.29, 1.82) is 5.41 Å². The fourth-order valence-electron chi connectivity index (χ4n) is 3.05. The van der Waals surface area contributed by atoms with Crippen molar-refractivity contribution in [1.82, 2.24) is 0 Å². The van der Waals surface area contributed by atoms with Gasteiger partial charge in [-0.25, -0.2) is 8.42 Å². The number of carbonyl (C=O) groups is 2. The summed E-state index contributed by atoms with van der Waals surface area (Å²) in [5.74, 6) is -1.57. The fraction of sp³-hybridized carbons (Fsp3) is 0.250. The number of rotatable bonds is 6. The van der Waals surface area contributed by atoms with Crippen LogP contribution < -0.4 is 16.0 Å². The van der Waals surface area contributed by atoms with Crippen molar-refractivity contribution in [2.75, 3.05) is 29.6 Å². The van der Waals surface area contributed by atoms with Gasteiger partial charge in [0.15, 0.2) is 22.0 Å². The number of nitrogen functional groups attached to an aromatic ring is 1. The van der Waals surface area contributed by atoms with Gasteiger partial charge in [0.2, 0.25) is 0 Å². The van der Waals surface area contributed by atoms with Crippen LogP contribution in [0.2, 0.25) is 0 Å². The van der Waals surface area contributed by atoms with Crippen LogP contribution in [0.4, 0.5) is 11.4 Å². The molecule has 11 heteroatoms. The summed E-state index contributed by atoms with van der Waals surface area (Å²) in [5, 5.41) is 20.3. The van der Waals surface area contributed by atoms with Crippen molar-refractivity contribution in [2.24, 2.45) is 5.73 Å². The Labute approximate surface area is 179 Å². The zero-order valence-corrected chi connectivity index (χ0v) is 17.4. The van der Waals surface area contributed by atoms with E-state index >= 15 is 0 Å². The highest BCUT2D eigenvalue weighted by Crippen LogP contribution is 2.23. The molecule has 31 heavy (non-hydrogen) atoms. The van der Waals surface area contributed by atoms with Gasteiger partial charge in [0.25, 0.3) is 11.8 Å². The van der Waals surface area contributed by atoms with Crippen molar-refractivity contribution in [3.8, 4) is 0 Å². The molecule has 10 nitrogen and oxygen atoms in total. The molecule has 164 valence electrons. The standard InChI is InChI=1S/C20H22N4O6S/c1-31(28,29)15-8-6-14(7-9-15)24-10-11-30-17(20(24)27)16(25)19(26)23-13-4-2-12(3-5-13)18(21)22/h2-9,16-17,25H,10-11H2,1H3,(H3,21,22)(H,23,26)/t16?,17-/m1/s1. The van der Waals surface area contributed by atoms with Crippen LogP contribution >= 0.6 is 0 Å². The molecular weight excluding hydrogens is 424 g/mol. The van der Waals surface area contributed by atoms with Crippen molar-refractivity contribution in [3.63, 3.8) is 0 Å². The van der Waals surface area contributed by atoms with Crippen LogP contribution in [0.5, 0.6) is 0 Å². The van der Waals surface area contributed by atoms with Gasteiger partial charge in [0.1, 0.15) is 5.84 Å². The molecule has 1 unspecified atom stereocenters. The molecule has 1 aliphatic heterocycles. The summed E-state index contributed by atoms with van der Waals surface area (Å²) in [5.41, 5.74) is 6.64. The minimum Gasteiger partial charge on any atom is -0.384 e. The predicted octanol–water partition coefficient (Wildman–Crippen LogP) is 0.106. The minimum absolute atomic E-state index is 0.0852. The van der Waals surface area contributed by atoms with Crippen LogP contribution in [0.15, 0.2) is 53.4 Å². The van der Waals surface area contributed by atoms with E-state index in [0.29, 0.717) is 16.9 Å². The molecule has 1 heterocycles. The molecule has 2 aromatic rings. The molecule has 1 saturated heterocycles. The van der Waals surface area contributed by atoms with Crippen molar-refractivity contribution < 1.29 is 27.9 Å². The third-order valence-corrected chi connectivity index (χ3v) is 5.85. The first-order valence-corrected chi connectivity index (χ1v) is 11.1. The molecule has 1 aliphatic rings. The maximum absolute atomic E-state index is 12.8. The second kappa shape index (κ2) is 8.84. The SMILES string of the molecule is CS(=O)(=O)c1ccc(N2CCO[C@H](C(O)C(=O)Nc3ccc(C(=N)N)cc3)C2=O)cc1. The van der Waals surface area contributed by atoms with Crippen LogP contribution in [-0.2, 0) is 24.2 Å². The lowest BCUT2D eigenvalue weighted by atomic mass is 10.1. The van der Waals surface area contributed by atoms with Gasteiger partial charge >= 0.3 is 0 Å². The number of aliphatic hydroxyl groups excluding tert-OH is 1. The van der Waals surface area contributed by atoms with Crippen LogP contribution in [0.25, 0.3) is 0 Å². The average molecular weight is 446 g/mol. The van der Waals surface area contributed by atoms with Gasteiger partial charge in [-0.05, 0) is 48.5 Å². The van der Waals surface area contributed by atoms with Gasteiger partial charge in [-0.3, -0.25) is 15.0 Å². The second-order valence-electron chi connectivity index (χ2n) is 6.97. The molecule has 2 amide bonds. The van der Waals surface area contributed by atoms with Gasteiger partial charge in [-0.15, -0.1) is 0 Å². The number of nitrogens with zero attached hydrogens (tertiary/aromatic N) is 1. The lowest BCUT2D eigenvalue weighted by Gasteiger charge is -2.34. The third kappa shape index (κ3) is 5.08. The zero-order chi connectivity index (χ0) is 22.8. The number of benzene rings is 2. The number of amidine groups is 1. The number of morpholine rings is 1. The highest BCUT2D eigenvalue weighted by atomic mass is 32.2. The van der Waals surface area contributed by atoms with Crippen molar-refractivity contribution in [2.45, 2.75) is 17.1 Å². The van der Waals surface area contributed by atoms with E-state index in [1.165, 1.54) is 53.4 Å². The minimum atomic E-state index is -3.38. The maximum atomic E-state index is 12.8. The number of anilines is 2. The Morgan fingerprint density at radius 3 is 2.39 bits per heavy atom. The fourth-order valence-corrected chi connectivity index (χ4v) is 3.68. The van der Waals surface area contributed by atoms with E-state index in [9.17, 15) is 23.1 Å². The summed E-state index contributed by atoms with van der Waals surface area (Å²) >= 11 is 0. The zero-order valence-electron chi connectivity index (χ0n) is 16.6. The van der Waals surface area contributed by atoms with Crippen LogP contribution in [0, 0.1) is 5.41 Å². The van der Waals surface area contributed by atoms with E-state index in [-0.39, 0.29) is 23.9 Å². The van der Waals surface area contributed by atoms with Gasteiger partial charge in [-0.1, -0.05) is 0 Å². The first-order valence-electron chi connectivity index (χ1n) is 9.24. The molecule has 2 aromatic carbocycles. The number of nitrogens with two attached hydrogens (primary N) is 1. The first kappa shape index (κ1) is 22.4. The summed E-state index contributed by atoms with van der Waals surface area (Å²) in [6.07, 6.45) is -2.10. The van der Waals surface area contributed by atoms with Gasteiger partial charge in [-0.2, -0.15) is 0 Å². The second-order valence-corrected chi connectivity index (χ2v) is 8.99. The molecule has 0 saturated carbocycles. The van der Waals surface area contributed by atoms with Crippen LogP contribution in [-0.4, -0.2) is 62.8 Å². The Morgan fingerprint density at radius 1 is 1.23 bits per heavy atom. The molecule has 2 atom stereocenters. The highest BCUT2D eigenvalue weighted by molar-refractivity contribution is 7.90. The van der Waals surface area contributed by atoms with Gasteiger partial charge < -0.3 is 25.8 Å². The number of hydrogen-bond donors (Lipinski definition) is 4. The Bertz CT molecular complexity index is 1100. The Kier molecular flexibility index (Phi) is 6.39. The number of hydrogen-bond acceptors (Lipinski definition) is 7. The molecule has 0 spiro atoms. The van der Waals surface area contributed by atoms with E-state index in [1.807, 2.05) is 0 Å². The molecule has 5 N–H and O–H groups in total. The molecule has 0 bridgehead atoms. The lowest BCUT2D eigenvalue weighted by molar-refractivity contribution is -0.150. The van der Waals surface area contributed by atoms with E-state index in [0.717, 1.165) is 6.26 Å². The van der Waals surface area contributed by atoms with Crippen molar-refractivity contribution >= 4 is 38.9 Å². The van der Waals surface area contributed by atoms with Crippen molar-refractivity contribution in [3.05, 3.63) is 54.1 Å². The number of sulfone groups is 1. The Hall–Kier alpha value is -3.28. The van der Waals surface area contributed by atoms with Gasteiger partial charge in [0.05, 0.1) is 11.5 Å². The summed E-state index contributed by atoms with van der Waals surface area (Å²) in [6, 6.07) is 11.8. The molecule has 0 aromatic heterocycles. The predicted molar refractivity (Wildman–Crippen MR) is 114 cm³/mol. The quantitative estimate of drug-likeness (QED) is 0.361. The number of amides is 2. The Morgan fingerprint density at radius 2 is 1.84 bits per heavy atom. The average Bonchev–Trinajstić information content (AvgIpc) is 2.73. The van der Waals surface area contributed by atoms with Gasteiger partial charge in [0, 0.05) is 29.7 Å². The number of ether oxygens (including phenoxy) is 1. The summed E-state index contributed by atoms with van der Waals surface area (Å²) in [7, 11) is -3.38. The summed E-state index contributed by atoms with van der Waals surface area (Å²) < 4.78 is 28.6. The number of aliphatic hydroxyl groups is 1. The normalized spacial score (nSPS) is 17.8. The first-order chi connectivity index (χ1) is 14.6. The maximum Gasteiger partial charge on any atom is 0.259 e. The molecule has 1 fully saturated rings. The number of nitrogens with one attached hydrogen (secondary N) is 2. The molecular formula is C20H22N4O6S. The molecule has 0 aliphatic carbocycles. The van der Waals surface area contributed by atoms with Crippen LogP contribution in [0.1, 0.15) is 5.56 Å². The third-order valence-electron chi connectivity index (χ3n) is 4.72. The molecule has 3 rings (SSSR count). The summed E-state index contributed by atoms with van der Waals surface area (Å²) in [6.45, 7) is 0.274. The summed E-state index contributed by atoms with van der Waals surface area (Å²) in [4.78, 5) is 26.7. The largest absolute Gasteiger partial charge is 0.384 e. The van der Waals surface area contributed by atoms with E-state index in [1.54, 1.807) is 0 Å². The van der Waals surface area contributed by atoms with E-state index in [4.69, 9.17) is 15.9 Å².